The molecule has 5 rings (SSSR count). The number of ether oxygens (including phenoxy) is 2. The Morgan fingerprint density at radius 1 is 1.20 bits per heavy atom. The smallest absolute Gasteiger partial charge is 0.231 e. The molecular weight excluding hydrogens is 394 g/mol. The normalized spacial score (nSPS) is 19.8. The Hall–Kier alpha value is -2.02. The maximum absolute atomic E-state index is 6.51. The van der Waals surface area contributed by atoms with Gasteiger partial charge in [-0.1, -0.05) is 19.1 Å². The summed E-state index contributed by atoms with van der Waals surface area (Å²) in [6.07, 6.45) is 3.46. The highest BCUT2D eigenvalue weighted by molar-refractivity contribution is 7.18. The molecule has 0 radical (unpaired) electrons. The fourth-order valence-corrected chi connectivity index (χ4v) is 5.88. The van der Waals surface area contributed by atoms with Gasteiger partial charge in [0.1, 0.15) is 30.2 Å². The third-order valence-corrected chi connectivity index (χ3v) is 7.47. The molecule has 30 heavy (non-hydrogen) atoms. The zero-order valence-electron chi connectivity index (χ0n) is 18.1. The van der Waals surface area contributed by atoms with E-state index in [-0.39, 0.29) is 0 Å². The van der Waals surface area contributed by atoms with E-state index in [1.54, 1.807) is 0 Å². The molecule has 0 spiro atoms. The van der Waals surface area contributed by atoms with Crippen molar-refractivity contribution in [1.82, 2.24) is 9.97 Å². The summed E-state index contributed by atoms with van der Waals surface area (Å²) in [6, 6.07) is 6.35. The van der Waals surface area contributed by atoms with Crippen molar-refractivity contribution in [3.05, 3.63) is 45.6 Å². The third kappa shape index (κ3) is 3.96. The predicted octanol–water partition coefficient (Wildman–Crippen LogP) is 3.64. The van der Waals surface area contributed by atoms with E-state index in [1.165, 1.54) is 27.3 Å². The molecule has 1 saturated heterocycles. The lowest BCUT2D eigenvalue weighted by atomic mass is 9.89. The molecule has 3 heterocycles. The second-order valence-electron chi connectivity index (χ2n) is 8.89. The highest BCUT2D eigenvalue weighted by atomic mass is 32.1. The minimum absolute atomic E-state index is 0.735. The van der Waals surface area contributed by atoms with E-state index in [4.69, 9.17) is 19.4 Å². The van der Waals surface area contributed by atoms with Gasteiger partial charge in [-0.05, 0) is 61.8 Å². The van der Waals surface area contributed by atoms with Crippen LogP contribution in [0.4, 0.5) is 0 Å². The van der Waals surface area contributed by atoms with E-state index in [2.05, 4.69) is 39.0 Å². The molecule has 0 bridgehead atoms. The highest BCUT2D eigenvalue weighted by Crippen LogP contribution is 2.42. The van der Waals surface area contributed by atoms with Crippen LogP contribution in [0.3, 0.4) is 0 Å². The molecule has 0 unspecified atom stereocenters. The number of nitrogens with zero attached hydrogens (tertiary/aromatic N) is 2. The van der Waals surface area contributed by atoms with Gasteiger partial charge in [-0.3, -0.25) is 0 Å². The van der Waals surface area contributed by atoms with E-state index < -0.39 is 0 Å². The summed E-state index contributed by atoms with van der Waals surface area (Å²) in [5, 5.41) is 1.14. The number of quaternary nitrogens is 1. The standard InChI is InChI=1S/C24H29N3O2S/c1-15-4-6-17(3)19(12-15)29-23-22-18-7-5-16(2)13-20(18)30-24(22)26-21(25-23)14-27-8-10-28-11-9-27/h4,6,12,16H,5,7-11,13-14H2,1-3H3/p+1/t16-/m1/s1. The van der Waals surface area contributed by atoms with E-state index in [1.807, 2.05) is 11.3 Å². The van der Waals surface area contributed by atoms with Gasteiger partial charge in [0.25, 0.3) is 0 Å². The Balaban J connectivity index is 1.58. The molecule has 1 fully saturated rings. The maximum Gasteiger partial charge on any atom is 0.231 e. The lowest BCUT2D eigenvalue weighted by molar-refractivity contribution is -0.922. The summed E-state index contributed by atoms with van der Waals surface area (Å²) >= 11 is 1.85. The first kappa shape index (κ1) is 19.9. The van der Waals surface area contributed by atoms with Crippen LogP contribution in [0.15, 0.2) is 18.2 Å². The van der Waals surface area contributed by atoms with Crippen LogP contribution in [0.25, 0.3) is 10.2 Å². The largest absolute Gasteiger partial charge is 0.438 e. The Kier molecular flexibility index (Phi) is 5.48. The van der Waals surface area contributed by atoms with Gasteiger partial charge in [0, 0.05) is 4.88 Å². The van der Waals surface area contributed by atoms with E-state index in [0.29, 0.717) is 0 Å². The van der Waals surface area contributed by atoms with Crippen LogP contribution < -0.4 is 9.64 Å². The van der Waals surface area contributed by atoms with Gasteiger partial charge >= 0.3 is 0 Å². The third-order valence-electron chi connectivity index (χ3n) is 6.33. The lowest BCUT2D eigenvalue weighted by Gasteiger charge is -2.23. The molecule has 3 aromatic rings. The molecule has 1 atom stereocenters. The van der Waals surface area contributed by atoms with Gasteiger partial charge < -0.3 is 14.4 Å². The predicted molar refractivity (Wildman–Crippen MR) is 120 cm³/mol. The summed E-state index contributed by atoms with van der Waals surface area (Å²) in [4.78, 5) is 14.0. The molecule has 1 aliphatic heterocycles. The van der Waals surface area contributed by atoms with Gasteiger partial charge in [-0.15, -0.1) is 11.3 Å². The molecule has 2 aromatic heterocycles. The summed E-state index contributed by atoms with van der Waals surface area (Å²) < 4.78 is 12.0. The number of fused-ring (bicyclic) bond motifs is 3. The molecule has 1 aliphatic carbocycles. The maximum atomic E-state index is 6.51. The van der Waals surface area contributed by atoms with Crippen LogP contribution in [0.2, 0.25) is 0 Å². The van der Waals surface area contributed by atoms with Gasteiger partial charge in [0.2, 0.25) is 5.88 Å². The fourth-order valence-electron chi connectivity index (χ4n) is 4.49. The molecule has 5 nitrogen and oxygen atoms in total. The Morgan fingerprint density at radius 3 is 2.87 bits per heavy atom. The number of hydrogen-bond donors (Lipinski definition) is 1. The second-order valence-corrected chi connectivity index (χ2v) is 9.97. The van der Waals surface area contributed by atoms with E-state index >= 15 is 0 Å². The number of aryl methyl sites for hydroxylation is 3. The van der Waals surface area contributed by atoms with E-state index in [0.717, 1.165) is 84.8 Å². The SMILES string of the molecule is Cc1ccc(C)c(Oc2nc(C[NH+]3CCOCC3)nc3sc4c(c23)CC[C@@H](C)C4)c1. The number of rotatable bonds is 4. The molecule has 158 valence electrons. The molecular formula is C24H30N3O2S+. The van der Waals surface area contributed by atoms with Crippen molar-refractivity contribution < 1.29 is 14.4 Å². The van der Waals surface area contributed by atoms with Crippen LogP contribution in [0, 0.1) is 19.8 Å². The zero-order chi connectivity index (χ0) is 20.7. The lowest BCUT2D eigenvalue weighted by Crippen LogP contribution is -3.12. The van der Waals surface area contributed by atoms with Gasteiger partial charge in [0.15, 0.2) is 5.82 Å². The van der Waals surface area contributed by atoms with Crippen molar-refractivity contribution in [2.45, 2.75) is 46.6 Å². The van der Waals surface area contributed by atoms with Crippen LogP contribution in [-0.4, -0.2) is 36.3 Å². The summed E-state index contributed by atoms with van der Waals surface area (Å²) in [5.74, 6) is 3.25. The summed E-state index contributed by atoms with van der Waals surface area (Å²) in [6.45, 7) is 11.0. The number of benzene rings is 1. The Bertz CT molecular complexity index is 1070. The van der Waals surface area contributed by atoms with Gasteiger partial charge in [-0.2, -0.15) is 4.98 Å². The van der Waals surface area contributed by atoms with E-state index in [9.17, 15) is 0 Å². The van der Waals surface area contributed by atoms with Crippen molar-refractivity contribution in [3.63, 3.8) is 0 Å². The highest BCUT2D eigenvalue weighted by Gasteiger charge is 2.26. The Morgan fingerprint density at radius 2 is 2.03 bits per heavy atom. The molecule has 1 aromatic carbocycles. The monoisotopic (exact) mass is 424 g/mol. The zero-order valence-corrected chi connectivity index (χ0v) is 18.9. The average Bonchev–Trinajstić information content (AvgIpc) is 3.09. The summed E-state index contributed by atoms with van der Waals surface area (Å²) in [7, 11) is 0. The number of hydrogen-bond acceptors (Lipinski definition) is 5. The van der Waals surface area contributed by atoms with Crippen LogP contribution in [0.1, 0.15) is 40.7 Å². The first-order chi connectivity index (χ1) is 14.6. The van der Waals surface area contributed by atoms with Crippen molar-refractivity contribution in [2.24, 2.45) is 5.92 Å². The molecule has 1 N–H and O–H groups in total. The molecule has 6 heteroatoms. The molecule has 0 saturated carbocycles. The topological polar surface area (TPSA) is 48.7 Å². The van der Waals surface area contributed by atoms with Crippen molar-refractivity contribution in [1.29, 1.82) is 0 Å². The summed E-state index contributed by atoms with van der Waals surface area (Å²) in [5.41, 5.74) is 3.74. The first-order valence-corrected chi connectivity index (χ1v) is 11.9. The van der Waals surface area contributed by atoms with Crippen LogP contribution in [-0.2, 0) is 24.1 Å². The first-order valence-electron chi connectivity index (χ1n) is 11.0. The average molecular weight is 425 g/mol. The van der Waals surface area contributed by atoms with Crippen LogP contribution >= 0.6 is 11.3 Å². The van der Waals surface area contributed by atoms with Crippen LogP contribution in [0.5, 0.6) is 11.6 Å². The number of aromatic nitrogens is 2. The number of thiophene rings is 1. The minimum atomic E-state index is 0.735. The molecule has 0 amide bonds. The minimum Gasteiger partial charge on any atom is -0.438 e. The number of morpholine rings is 1. The molecule has 2 aliphatic rings. The second kappa shape index (κ2) is 8.25. The van der Waals surface area contributed by atoms with Gasteiger partial charge in [0.05, 0.1) is 18.6 Å². The quantitative estimate of drug-likeness (QED) is 0.695. The van der Waals surface area contributed by atoms with Gasteiger partial charge in [-0.25, -0.2) is 4.98 Å². The van der Waals surface area contributed by atoms with Crippen molar-refractivity contribution in [2.75, 3.05) is 26.3 Å². The number of nitrogens with one attached hydrogen (secondary N) is 1. The Labute approximate surface area is 182 Å². The van der Waals surface area contributed by atoms with Crippen molar-refractivity contribution >= 4 is 21.6 Å². The fraction of sp³-hybridized carbons (Fsp3) is 0.500. The van der Waals surface area contributed by atoms with Crippen molar-refractivity contribution in [3.8, 4) is 11.6 Å².